The fourth-order valence-electron chi connectivity index (χ4n) is 3.86. The summed E-state index contributed by atoms with van der Waals surface area (Å²) in [7, 11) is -3.78. The second kappa shape index (κ2) is 10.2. The predicted octanol–water partition coefficient (Wildman–Crippen LogP) is 6.61. The number of hydrogen-bond donors (Lipinski definition) is 0. The standard InChI is InChI=1S/C21H32ClO5P/c1-6-25-28(24,27-20-13-15(4)7-12-19(20)14(2)3)21(26-16(5)23)17-8-10-18(22)11-9-17/h8-11,14-15,19-21H,6-7,12-13H2,1-5H3/t15-,19+,20-,21?,28?/m1/s1. The summed E-state index contributed by atoms with van der Waals surface area (Å²) in [6, 6.07) is 6.72. The van der Waals surface area contributed by atoms with Crippen molar-refractivity contribution >= 4 is 25.2 Å². The predicted molar refractivity (Wildman–Crippen MR) is 111 cm³/mol. The average molecular weight is 431 g/mol. The monoisotopic (exact) mass is 430 g/mol. The van der Waals surface area contributed by atoms with Crippen LogP contribution < -0.4 is 0 Å². The third-order valence-corrected chi connectivity index (χ3v) is 7.69. The highest BCUT2D eigenvalue weighted by Gasteiger charge is 2.45. The lowest BCUT2D eigenvalue weighted by atomic mass is 9.75. The lowest BCUT2D eigenvalue weighted by Gasteiger charge is -2.39. The number of carbonyl (C=O) groups is 1. The van der Waals surface area contributed by atoms with E-state index in [4.69, 9.17) is 25.4 Å². The molecule has 0 aliphatic heterocycles. The Balaban J connectivity index is 2.39. The third kappa shape index (κ3) is 6.06. The summed E-state index contributed by atoms with van der Waals surface area (Å²) in [6.07, 6.45) is 2.76. The van der Waals surface area contributed by atoms with E-state index in [1.807, 2.05) is 0 Å². The molecule has 0 amide bonds. The maximum atomic E-state index is 13.9. The van der Waals surface area contributed by atoms with Crippen molar-refractivity contribution in [3.8, 4) is 0 Å². The van der Waals surface area contributed by atoms with Crippen LogP contribution in [0.3, 0.4) is 0 Å². The maximum absolute atomic E-state index is 13.9. The van der Waals surface area contributed by atoms with Gasteiger partial charge in [-0.05, 0) is 49.7 Å². The van der Waals surface area contributed by atoms with Gasteiger partial charge in [-0.25, -0.2) is 0 Å². The zero-order valence-corrected chi connectivity index (χ0v) is 19.0. The Kier molecular flexibility index (Phi) is 8.57. The molecule has 0 bridgehead atoms. The minimum Gasteiger partial charge on any atom is -0.445 e. The van der Waals surface area contributed by atoms with Crippen molar-refractivity contribution in [2.24, 2.45) is 17.8 Å². The molecule has 0 radical (unpaired) electrons. The van der Waals surface area contributed by atoms with Gasteiger partial charge in [0.15, 0.2) is 0 Å². The third-order valence-electron chi connectivity index (χ3n) is 5.27. The molecule has 0 spiro atoms. The van der Waals surface area contributed by atoms with Crippen LogP contribution in [-0.4, -0.2) is 18.7 Å². The number of hydrogen-bond acceptors (Lipinski definition) is 5. The maximum Gasteiger partial charge on any atom is 0.375 e. The van der Waals surface area contributed by atoms with Gasteiger partial charge < -0.3 is 13.8 Å². The van der Waals surface area contributed by atoms with E-state index in [9.17, 15) is 9.36 Å². The topological polar surface area (TPSA) is 61.8 Å². The minimum atomic E-state index is -3.78. The van der Waals surface area contributed by atoms with Crippen molar-refractivity contribution in [2.75, 3.05) is 6.61 Å². The second-order valence-corrected chi connectivity index (χ2v) is 10.4. The molecule has 158 valence electrons. The van der Waals surface area contributed by atoms with Crippen LogP contribution in [0.5, 0.6) is 0 Å². The van der Waals surface area contributed by atoms with Gasteiger partial charge in [0.1, 0.15) is 0 Å². The van der Waals surface area contributed by atoms with Crippen LogP contribution in [0.15, 0.2) is 24.3 Å². The van der Waals surface area contributed by atoms with Crippen LogP contribution in [0.2, 0.25) is 5.02 Å². The first kappa shape index (κ1) is 23.4. The van der Waals surface area contributed by atoms with Crippen LogP contribution in [0.4, 0.5) is 0 Å². The average Bonchev–Trinajstić information content (AvgIpc) is 2.60. The number of esters is 1. The second-order valence-electron chi connectivity index (χ2n) is 7.94. The van der Waals surface area contributed by atoms with Crippen LogP contribution in [0, 0.1) is 17.8 Å². The fraction of sp³-hybridized carbons (Fsp3) is 0.667. The van der Waals surface area contributed by atoms with E-state index >= 15 is 0 Å². The summed E-state index contributed by atoms with van der Waals surface area (Å²) in [4.78, 5) is 11.8. The first-order chi connectivity index (χ1) is 13.2. The normalized spacial score (nSPS) is 25.9. The molecule has 0 saturated heterocycles. The summed E-state index contributed by atoms with van der Waals surface area (Å²) in [5.41, 5.74) is 0.543. The first-order valence-electron chi connectivity index (χ1n) is 10.0. The van der Waals surface area contributed by atoms with Crippen LogP contribution in [0.25, 0.3) is 0 Å². The Hall–Kier alpha value is -0.870. The van der Waals surface area contributed by atoms with E-state index < -0.39 is 19.4 Å². The molecule has 1 aliphatic carbocycles. The highest BCUT2D eigenvalue weighted by Crippen LogP contribution is 2.63. The summed E-state index contributed by atoms with van der Waals surface area (Å²) >= 11 is 5.98. The first-order valence-corrected chi connectivity index (χ1v) is 12.0. The zero-order valence-electron chi connectivity index (χ0n) is 17.4. The molecule has 0 N–H and O–H groups in total. The van der Waals surface area contributed by atoms with Crippen LogP contribution in [0.1, 0.15) is 65.3 Å². The number of carbonyl (C=O) groups excluding carboxylic acids is 1. The molecule has 28 heavy (non-hydrogen) atoms. The Morgan fingerprint density at radius 1 is 1.25 bits per heavy atom. The van der Waals surface area contributed by atoms with Crippen molar-refractivity contribution in [2.45, 2.75) is 65.8 Å². The zero-order chi connectivity index (χ0) is 20.9. The van der Waals surface area contributed by atoms with E-state index in [1.165, 1.54) is 6.92 Å². The van der Waals surface area contributed by atoms with Gasteiger partial charge >= 0.3 is 13.6 Å². The number of halogens is 1. The number of benzene rings is 1. The summed E-state index contributed by atoms with van der Waals surface area (Å²) in [5, 5.41) is 0.540. The van der Waals surface area contributed by atoms with E-state index in [-0.39, 0.29) is 18.6 Å². The van der Waals surface area contributed by atoms with Gasteiger partial charge in [-0.1, -0.05) is 50.9 Å². The Morgan fingerprint density at radius 2 is 1.89 bits per heavy atom. The lowest BCUT2D eigenvalue weighted by molar-refractivity contribution is -0.144. The molecule has 7 heteroatoms. The molecule has 1 saturated carbocycles. The molecule has 5 atom stereocenters. The Bertz CT molecular complexity index is 691. The highest BCUT2D eigenvalue weighted by atomic mass is 35.5. The minimum absolute atomic E-state index is 0.192. The van der Waals surface area contributed by atoms with Gasteiger partial charge in [-0.15, -0.1) is 0 Å². The molecular weight excluding hydrogens is 399 g/mol. The molecule has 0 aromatic heterocycles. The molecule has 2 unspecified atom stereocenters. The molecule has 1 aromatic carbocycles. The van der Waals surface area contributed by atoms with E-state index in [2.05, 4.69) is 20.8 Å². The van der Waals surface area contributed by atoms with E-state index in [0.717, 1.165) is 19.3 Å². The molecular formula is C21H32ClO5P. The highest BCUT2D eigenvalue weighted by molar-refractivity contribution is 7.54. The molecule has 0 heterocycles. The molecule has 1 fully saturated rings. The molecule has 5 nitrogen and oxygen atoms in total. The molecule has 1 aromatic rings. The van der Waals surface area contributed by atoms with Gasteiger partial charge in [0, 0.05) is 17.5 Å². The van der Waals surface area contributed by atoms with E-state index in [0.29, 0.717) is 22.4 Å². The molecule has 1 aliphatic rings. The smallest absolute Gasteiger partial charge is 0.375 e. The largest absolute Gasteiger partial charge is 0.445 e. The SMILES string of the molecule is CCOP(=O)(O[C@@H]1C[C@H](C)CC[C@H]1C(C)C)C(OC(C)=O)c1ccc(Cl)cc1. The summed E-state index contributed by atoms with van der Waals surface area (Å²) in [5.74, 6) is -0.491. The van der Waals surface area contributed by atoms with Gasteiger partial charge in [-0.2, -0.15) is 0 Å². The van der Waals surface area contributed by atoms with Crippen molar-refractivity contribution in [1.82, 2.24) is 0 Å². The van der Waals surface area contributed by atoms with Crippen molar-refractivity contribution < 1.29 is 23.1 Å². The molecule has 2 rings (SSSR count). The van der Waals surface area contributed by atoms with Crippen molar-refractivity contribution in [3.63, 3.8) is 0 Å². The fourth-order valence-corrected chi connectivity index (χ4v) is 6.09. The van der Waals surface area contributed by atoms with E-state index in [1.54, 1.807) is 31.2 Å². The summed E-state index contributed by atoms with van der Waals surface area (Å²) in [6.45, 7) is 9.74. The van der Waals surface area contributed by atoms with Gasteiger partial charge in [0.2, 0.25) is 5.85 Å². The Labute approximate surface area is 173 Å². The van der Waals surface area contributed by atoms with Gasteiger partial charge in [0.05, 0.1) is 12.7 Å². The van der Waals surface area contributed by atoms with Crippen LogP contribution >= 0.6 is 19.2 Å². The quantitative estimate of drug-likeness (QED) is 0.343. The van der Waals surface area contributed by atoms with Crippen LogP contribution in [-0.2, 0) is 23.1 Å². The number of rotatable bonds is 8. The Morgan fingerprint density at radius 3 is 2.43 bits per heavy atom. The van der Waals surface area contributed by atoms with Gasteiger partial charge in [-0.3, -0.25) is 9.36 Å². The lowest BCUT2D eigenvalue weighted by Crippen LogP contribution is -2.34. The number of ether oxygens (including phenoxy) is 1. The van der Waals surface area contributed by atoms with Crippen molar-refractivity contribution in [1.29, 1.82) is 0 Å². The van der Waals surface area contributed by atoms with Crippen molar-refractivity contribution in [3.05, 3.63) is 34.9 Å². The summed E-state index contributed by atoms with van der Waals surface area (Å²) < 4.78 is 31.3. The van der Waals surface area contributed by atoms with Gasteiger partial charge in [0.25, 0.3) is 0 Å².